The molecule has 4 aromatic rings. The highest BCUT2D eigenvalue weighted by Crippen LogP contribution is 2.62. The summed E-state index contributed by atoms with van der Waals surface area (Å²) < 4.78 is 38.7. The number of nitrogens with zero attached hydrogens (tertiary/aromatic N) is 3. The lowest BCUT2D eigenvalue weighted by atomic mass is 9.99. The van der Waals surface area contributed by atoms with Gasteiger partial charge in [-0.1, -0.05) is 60.7 Å². The normalized spacial score (nSPS) is 31.5. The highest BCUT2D eigenvalue weighted by Gasteiger charge is 2.47. The van der Waals surface area contributed by atoms with Crippen molar-refractivity contribution in [2.45, 2.75) is 43.2 Å². The van der Waals surface area contributed by atoms with Gasteiger partial charge in [0.05, 0.1) is 24.2 Å². The number of benzene rings is 2. The Morgan fingerprint density at radius 2 is 1.58 bits per heavy atom. The van der Waals surface area contributed by atoms with E-state index in [2.05, 4.69) is 9.97 Å². The monoisotopic (exact) mass is 538 g/mol. The molecule has 2 aliphatic heterocycles. The summed E-state index contributed by atoms with van der Waals surface area (Å²) in [7, 11) is -4.10. The van der Waals surface area contributed by atoms with Crippen LogP contribution in [0.25, 0.3) is 11.0 Å². The molecular weight excluding hydrogens is 511 g/mol. The molecule has 4 heterocycles. The van der Waals surface area contributed by atoms with Gasteiger partial charge < -0.3 is 25.3 Å². The summed E-state index contributed by atoms with van der Waals surface area (Å²) >= 11 is 0. The van der Waals surface area contributed by atoms with E-state index >= 15 is 0 Å². The fourth-order valence-electron chi connectivity index (χ4n) is 4.86. The zero-order valence-corrected chi connectivity index (χ0v) is 21.1. The van der Waals surface area contributed by atoms with Gasteiger partial charge in [-0.15, -0.1) is 0 Å². The second-order valence-corrected chi connectivity index (χ2v) is 10.8. The highest BCUT2D eigenvalue weighted by atomic mass is 31.2. The van der Waals surface area contributed by atoms with E-state index in [-0.39, 0.29) is 12.4 Å². The van der Waals surface area contributed by atoms with Gasteiger partial charge in [0.2, 0.25) is 0 Å². The van der Waals surface area contributed by atoms with E-state index in [0.29, 0.717) is 17.5 Å². The van der Waals surface area contributed by atoms with Crippen LogP contribution in [0.1, 0.15) is 36.0 Å². The second-order valence-electron chi connectivity index (χ2n) is 9.25. The molecule has 1 unspecified atom stereocenters. The molecule has 38 heavy (non-hydrogen) atoms. The van der Waals surface area contributed by atoms with Crippen molar-refractivity contribution in [3.05, 3.63) is 90.4 Å². The first-order valence-corrected chi connectivity index (χ1v) is 13.7. The lowest BCUT2D eigenvalue weighted by Gasteiger charge is -2.35. The average Bonchev–Trinajstić information content (AvgIpc) is 3.50. The molecular formula is C26H27N4O7P. The van der Waals surface area contributed by atoms with Gasteiger partial charge in [0, 0.05) is 12.6 Å². The molecule has 0 saturated carbocycles. The van der Waals surface area contributed by atoms with Crippen molar-refractivity contribution in [2.75, 3.05) is 12.3 Å². The van der Waals surface area contributed by atoms with Crippen LogP contribution < -0.4 is 5.73 Å². The number of phosphoric ester groups is 1. The van der Waals surface area contributed by atoms with E-state index in [1.54, 1.807) is 16.8 Å². The smallest absolute Gasteiger partial charge is 0.387 e. The molecule has 2 aromatic heterocycles. The van der Waals surface area contributed by atoms with Crippen LogP contribution in [0.4, 0.5) is 5.82 Å². The molecule has 2 fully saturated rings. The van der Waals surface area contributed by atoms with E-state index < -0.39 is 44.6 Å². The quantitative estimate of drug-likeness (QED) is 0.310. The minimum atomic E-state index is -4.10. The zero-order valence-electron chi connectivity index (χ0n) is 20.2. The Kier molecular flexibility index (Phi) is 6.75. The summed E-state index contributed by atoms with van der Waals surface area (Å²) in [6.45, 7) is -0.342. The fraction of sp³-hybridized carbons (Fsp3) is 0.308. The maximum Gasteiger partial charge on any atom is 0.476 e. The Hall–Kier alpha value is -3.15. The van der Waals surface area contributed by atoms with Crippen LogP contribution in [0.3, 0.4) is 0 Å². The van der Waals surface area contributed by atoms with Crippen molar-refractivity contribution in [1.29, 1.82) is 0 Å². The zero-order chi connectivity index (χ0) is 26.3. The van der Waals surface area contributed by atoms with Crippen LogP contribution in [-0.4, -0.2) is 49.7 Å². The van der Waals surface area contributed by atoms with Crippen molar-refractivity contribution >= 4 is 24.7 Å². The number of rotatable bonds is 6. The Morgan fingerprint density at radius 1 is 0.947 bits per heavy atom. The summed E-state index contributed by atoms with van der Waals surface area (Å²) in [6.07, 6.45) is -2.31. The minimum Gasteiger partial charge on any atom is -0.387 e. The predicted octanol–water partition coefficient (Wildman–Crippen LogP) is 3.68. The van der Waals surface area contributed by atoms with Gasteiger partial charge in [-0.05, 0) is 17.2 Å². The third kappa shape index (κ3) is 4.74. The van der Waals surface area contributed by atoms with Gasteiger partial charge in [0.15, 0.2) is 6.23 Å². The third-order valence-electron chi connectivity index (χ3n) is 6.83. The molecule has 2 aliphatic rings. The number of nitrogens with two attached hydrogens (primary N) is 1. The molecule has 0 bridgehead atoms. The van der Waals surface area contributed by atoms with E-state index in [9.17, 15) is 14.8 Å². The Bertz CT molecular complexity index is 1400. The first-order chi connectivity index (χ1) is 18.4. The van der Waals surface area contributed by atoms with Crippen LogP contribution in [0.2, 0.25) is 0 Å². The molecule has 0 aliphatic carbocycles. The number of anilines is 1. The molecule has 0 radical (unpaired) electrons. The van der Waals surface area contributed by atoms with E-state index in [0.717, 1.165) is 11.1 Å². The third-order valence-corrected chi connectivity index (χ3v) is 8.32. The maximum absolute atomic E-state index is 13.8. The largest absolute Gasteiger partial charge is 0.476 e. The van der Waals surface area contributed by atoms with Gasteiger partial charge in [-0.2, -0.15) is 0 Å². The number of ether oxygens (including phenoxy) is 1. The summed E-state index contributed by atoms with van der Waals surface area (Å²) in [5.41, 5.74) is 8.04. The number of aliphatic hydroxyl groups is 2. The van der Waals surface area contributed by atoms with Crippen LogP contribution in [-0.2, 0) is 22.9 Å². The standard InChI is InChI=1S/C26H27N4O7P/c27-24-18-11-12-30(25(18)29-15-28-24)26-23(32)22(31)21(35-26)14-34-38(33)36-19(16-7-3-1-4-8-16)13-20(37-38)17-9-5-2-6-10-17/h1-12,15,19-23,26,31-32H,13-14H2,(H2,27,28,29)/t19-,20+,21-,22-,23-,26-,38?/m1/s1. The highest BCUT2D eigenvalue weighted by molar-refractivity contribution is 7.48. The SMILES string of the molecule is Nc1ncnc2c1ccn2[C@@H]1O[C@H](COP2(=O)O[C@H](c3ccccc3)C[C@H](c3ccccc3)O2)[C@@H](O)[C@H]1O. The number of nitrogen functional groups attached to an aromatic ring is 1. The predicted molar refractivity (Wildman–Crippen MR) is 137 cm³/mol. The molecule has 198 valence electrons. The molecule has 4 N–H and O–H groups in total. The topological polar surface area (TPSA) is 151 Å². The number of aliphatic hydroxyl groups excluding tert-OH is 2. The van der Waals surface area contributed by atoms with Crippen molar-refractivity contribution in [2.24, 2.45) is 0 Å². The van der Waals surface area contributed by atoms with Crippen LogP contribution in [0.5, 0.6) is 0 Å². The minimum absolute atomic E-state index is 0.285. The van der Waals surface area contributed by atoms with Crippen LogP contribution in [0.15, 0.2) is 79.3 Å². The number of aromatic nitrogens is 3. The van der Waals surface area contributed by atoms with Crippen LogP contribution >= 0.6 is 7.82 Å². The summed E-state index contributed by atoms with van der Waals surface area (Å²) in [5, 5.41) is 22.1. The molecule has 12 heteroatoms. The summed E-state index contributed by atoms with van der Waals surface area (Å²) in [4.78, 5) is 8.18. The first kappa shape index (κ1) is 25.1. The molecule has 7 atom stereocenters. The van der Waals surface area contributed by atoms with Crippen LogP contribution in [0, 0.1) is 0 Å². The average molecular weight is 538 g/mol. The summed E-state index contributed by atoms with van der Waals surface area (Å²) in [5.74, 6) is 0.285. The number of hydrogen-bond donors (Lipinski definition) is 3. The van der Waals surface area contributed by atoms with Crippen molar-refractivity contribution in [3.63, 3.8) is 0 Å². The van der Waals surface area contributed by atoms with Gasteiger partial charge >= 0.3 is 7.82 Å². The fourth-order valence-corrected chi connectivity index (χ4v) is 6.40. The van der Waals surface area contributed by atoms with E-state index in [4.69, 9.17) is 24.0 Å². The molecule has 2 aromatic carbocycles. The number of phosphoric acid groups is 1. The Labute approximate surface area is 218 Å². The molecule has 0 spiro atoms. The molecule has 6 rings (SSSR count). The van der Waals surface area contributed by atoms with Gasteiger partial charge in [-0.25, -0.2) is 14.5 Å². The van der Waals surface area contributed by atoms with E-state index in [1.807, 2.05) is 60.7 Å². The van der Waals surface area contributed by atoms with E-state index in [1.165, 1.54) is 6.33 Å². The number of hydrogen-bond acceptors (Lipinski definition) is 10. The Balaban J connectivity index is 1.21. The lowest BCUT2D eigenvalue weighted by molar-refractivity contribution is -0.0646. The van der Waals surface area contributed by atoms with Gasteiger partial charge in [0.1, 0.15) is 36.1 Å². The molecule has 2 saturated heterocycles. The van der Waals surface area contributed by atoms with Crippen molar-refractivity contribution < 1.29 is 33.1 Å². The van der Waals surface area contributed by atoms with Gasteiger partial charge in [-0.3, -0.25) is 13.6 Å². The van der Waals surface area contributed by atoms with Gasteiger partial charge in [0.25, 0.3) is 0 Å². The first-order valence-electron chi connectivity index (χ1n) is 12.2. The van der Waals surface area contributed by atoms with Crippen molar-refractivity contribution in [1.82, 2.24) is 14.5 Å². The maximum atomic E-state index is 13.8. The van der Waals surface area contributed by atoms with Crippen molar-refractivity contribution in [3.8, 4) is 0 Å². The Morgan fingerprint density at radius 3 is 2.21 bits per heavy atom. The number of fused-ring (bicyclic) bond motifs is 1. The molecule has 0 amide bonds. The second kappa shape index (κ2) is 10.2. The lowest BCUT2D eigenvalue weighted by Crippen LogP contribution is -2.34. The summed E-state index contributed by atoms with van der Waals surface area (Å²) in [6, 6.07) is 20.6. The molecule has 11 nitrogen and oxygen atoms in total.